The number of aromatic nitrogens is 4. The van der Waals surface area contributed by atoms with Crippen molar-refractivity contribution in [3.63, 3.8) is 0 Å². The summed E-state index contributed by atoms with van der Waals surface area (Å²) in [6, 6.07) is 8.41. The van der Waals surface area contributed by atoms with Crippen molar-refractivity contribution in [2.75, 3.05) is 4.31 Å². The summed E-state index contributed by atoms with van der Waals surface area (Å²) in [5, 5.41) is 5.27. The molecule has 0 saturated heterocycles. The Bertz CT molecular complexity index is 812. The number of nitrogens with one attached hydrogen (secondary N) is 1. The topological polar surface area (TPSA) is 118 Å². The van der Waals surface area contributed by atoms with E-state index in [1.807, 2.05) is 0 Å². The Kier molecular flexibility index (Phi) is 2.84. The third-order valence-electron chi connectivity index (χ3n) is 2.59. The second-order valence-corrected chi connectivity index (χ2v) is 5.36. The lowest BCUT2D eigenvalue weighted by atomic mass is 10.3. The van der Waals surface area contributed by atoms with Crippen LogP contribution in [-0.4, -0.2) is 28.4 Å². The number of H-pyrrole nitrogens is 1. The lowest BCUT2D eigenvalue weighted by molar-refractivity contribution is 0.597. The lowest BCUT2D eigenvalue weighted by Crippen LogP contribution is -2.33. The molecule has 8 nitrogen and oxygen atoms in total. The van der Waals surface area contributed by atoms with Crippen LogP contribution in [0.15, 0.2) is 42.9 Å². The van der Waals surface area contributed by atoms with E-state index in [0.717, 1.165) is 4.31 Å². The van der Waals surface area contributed by atoms with E-state index in [4.69, 9.17) is 5.14 Å². The van der Waals surface area contributed by atoms with Crippen LogP contribution in [0.1, 0.15) is 0 Å². The van der Waals surface area contributed by atoms with E-state index in [1.165, 1.54) is 12.5 Å². The first-order valence-corrected chi connectivity index (χ1v) is 7.10. The molecule has 0 radical (unpaired) electrons. The fourth-order valence-corrected chi connectivity index (χ4v) is 2.54. The maximum atomic E-state index is 11.8. The molecule has 0 unspecified atom stereocenters. The number of fused-ring (bicyclic) bond motifs is 1. The van der Waals surface area contributed by atoms with E-state index < -0.39 is 10.2 Å². The first kappa shape index (κ1) is 12.5. The van der Waals surface area contributed by atoms with Gasteiger partial charge >= 0.3 is 10.2 Å². The standard InChI is InChI=1S/C11H10N6O2S/c12-20(18,19)17(8-4-2-1-3-5-8)11-15-9-6-13-7-14-10(9)16-11/h1-7H,(H2,12,18,19)(H,13,14,15,16). The highest BCUT2D eigenvalue weighted by Gasteiger charge is 2.23. The van der Waals surface area contributed by atoms with Crippen LogP contribution in [0.25, 0.3) is 11.2 Å². The number of hydrogen-bond acceptors (Lipinski definition) is 5. The number of nitrogens with two attached hydrogens (primary N) is 1. The highest BCUT2D eigenvalue weighted by molar-refractivity contribution is 7.90. The molecule has 0 aliphatic carbocycles. The molecule has 0 spiro atoms. The van der Waals surface area contributed by atoms with Gasteiger partial charge in [-0.15, -0.1) is 0 Å². The number of hydrogen-bond donors (Lipinski definition) is 2. The van der Waals surface area contributed by atoms with E-state index in [1.54, 1.807) is 30.3 Å². The molecule has 2 heterocycles. The minimum Gasteiger partial charge on any atom is -0.320 e. The van der Waals surface area contributed by atoms with Crippen molar-refractivity contribution in [2.45, 2.75) is 0 Å². The van der Waals surface area contributed by atoms with Crippen molar-refractivity contribution in [3.05, 3.63) is 42.9 Å². The van der Waals surface area contributed by atoms with Crippen LogP contribution < -0.4 is 9.44 Å². The summed E-state index contributed by atoms with van der Waals surface area (Å²) in [4.78, 5) is 14.7. The third kappa shape index (κ3) is 2.19. The molecule has 0 aliphatic rings. The molecule has 3 N–H and O–H groups in total. The van der Waals surface area contributed by atoms with Gasteiger partial charge in [0.15, 0.2) is 5.65 Å². The zero-order chi connectivity index (χ0) is 14.2. The second kappa shape index (κ2) is 4.54. The average molecular weight is 290 g/mol. The quantitative estimate of drug-likeness (QED) is 0.736. The maximum Gasteiger partial charge on any atom is 0.305 e. The summed E-state index contributed by atoms with van der Waals surface area (Å²) < 4.78 is 24.5. The summed E-state index contributed by atoms with van der Waals surface area (Å²) in [7, 11) is -4.03. The minimum atomic E-state index is -4.03. The van der Waals surface area contributed by atoms with Gasteiger partial charge in [-0.3, -0.25) is 0 Å². The minimum absolute atomic E-state index is 0.0641. The van der Waals surface area contributed by atoms with Crippen molar-refractivity contribution in [1.29, 1.82) is 0 Å². The Morgan fingerprint density at radius 2 is 1.95 bits per heavy atom. The van der Waals surface area contributed by atoms with E-state index in [9.17, 15) is 8.42 Å². The molecule has 0 saturated carbocycles. The Morgan fingerprint density at radius 1 is 1.20 bits per heavy atom. The molecule has 9 heteroatoms. The van der Waals surface area contributed by atoms with Gasteiger partial charge in [-0.2, -0.15) is 17.7 Å². The number of rotatable bonds is 3. The van der Waals surface area contributed by atoms with Crippen LogP contribution in [0, 0.1) is 0 Å². The third-order valence-corrected chi connectivity index (χ3v) is 3.48. The van der Waals surface area contributed by atoms with Gasteiger partial charge in [0.1, 0.15) is 11.8 Å². The first-order valence-electron chi connectivity index (χ1n) is 5.59. The van der Waals surface area contributed by atoms with Crippen LogP contribution in [0.3, 0.4) is 0 Å². The van der Waals surface area contributed by atoms with Gasteiger partial charge in [0.2, 0.25) is 5.95 Å². The molecular formula is C11H10N6O2S. The molecule has 3 rings (SSSR count). The van der Waals surface area contributed by atoms with E-state index in [2.05, 4.69) is 19.9 Å². The summed E-state index contributed by atoms with van der Waals surface area (Å²) in [5.74, 6) is 0.0641. The molecule has 1 aromatic carbocycles. The van der Waals surface area contributed by atoms with Crippen LogP contribution in [0.5, 0.6) is 0 Å². The fraction of sp³-hybridized carbons (Fsp3) is 0. The molecule has 0 bridgehead atoms. The molecule has 0 fully saturated rings. The predicted octanol–water partition coefficient (Wildman–Crippen LogP) is 0.694. The summed E-state index contributed by atoms with van der Waals surface area (Å²) in [6.45, 7) is 0. The molecule has 0 aliphatic heterocycles. The molecule has 3 aromatic rings. The monoisotopic (exact) mass is 290 g/mol. The predicted molar refractivity (Wildman–Crippen MR) is 73.4 cm³/mol. The van der Waals surface area contributed by atoms with Crippen LogP contribution in [0.2, 0.25) is 0 Å². The van der Waals surface area contributed by atoms with Crippen LogP contribution in [0.4, 0.5) is 11.6 Å². The molecule has 20 heavy (non-hydrogen) atoms. The van der Waals surface area contributed by atoms with E-state index >= 15 is 0 Å². The average Bonchev–Trinajstić information content (AvgIpc) is 2.81. The van der Waals surface area contributed by atoms with Crippen LogP contribution in [-0.2, 0) is 10.2 Å². The first-order chi connectivity index (χ1) is 9.55. The number of aromatic amines is 1. The van der Waals surface area contributed by atoms with Crippen molar-refractivity contribution in [3.8, 4) is 0 Å². The highest BCUT2D eigenvalue weighted by Crippen LogP contribution is 2.25. The van der Waals surface area contributed by atoms with Gasteiger partial charge in [0, 0.05) is 0 Å². The number of nitrogens with zero attached hydrogens (tertiary/aromatic N) is 4. The van der Waals surface area contributed by atoms with Gasteiger partial charge in [0.05, 0.1) is 11.9 Å². The Hall–Kier alpha value is -2.52. The summed E-state index contributed by atoms with van der Waals surface area (Å²) in [5.41, 5.74) is 1.26. The zero-order valence-electron chi connectivity index (χ0n) is 10.1. The number of para-hydroxylation sites is 1. The molecular weight excluding hydrogens is 280 g/mol. The van der Waals surface area contributed by atoms with Crippen molar-refractivity contribution >= 4 is 33.0 Å². The van der Waals surface area contributed by atoms with E-state index in [-0.39, 0.29) is 5.95 Å². The Labute approximate surface area is 114 Å². The van der Waals surface area contributed by atoms with Gasteiger partial charge in [0.25, 0.3) is 0 Å². The van der Waals surface area contributed by atoms with Gasteiger partial charge in [-0.05, 0) is 12.1 Å². The van der Waals surface area contributed by atoms with E-state index in [0.29, 0.717) is 16.9 Å². The van der Waals surface area contributed by atoms with Gasteiger partial charge in [-0.1, -0.05) is 18.2 Å². The molecule has 0 amide bonds. The Balaban J connectivity index is 2.20. The molecule has 0 atom stereocenters. The maximum absolute atomic E-state index is 11.8. The summed E-state index contributed by atoms with van der Waals surface area (Å²) in [6.07, 6.45) is 2.84. The highest BCUT2D eigenvalue weighted by atomic mass is 32.2. The smallest absolute Gasteiger partial charge is 0.305 e. The summed E-state index contributed by atoms with van der Waals surface area (Å²) >= 11 is 0. The van der Waals surface area contributed by atoms with Crippen LogP contribution >= 0.6 is 0 Å². The second-order valence-electron chi connectivity index (χ2n) is 3.97. The van der Waals surface area contributed by atoms with Crippen molar-refractivity contribution in [2.24, 2.45) is 5.14 Å². The van der Waals surface area contributed by atoms with Crippen molar-refractivity contribution in [1.82, 2.24) is 19.9 Å². The molecule has 102 valence electrons. The number of benzene rings is 1. The Morgan fingerprint density at radius 3 is 2.60 bits per heavy atom. The zero-order valence-corrected chi connectivity index (χ0v) is 10.9. The number of anilines is 2. The lowest BCUT2D eigenvalue weighted by Gasteiger charge is -2.18. The SMILES string of the molecule is NS(=O)(=O)N(c1ccccc1)c1nc2ncncc2[nH]1. The fourth-order valence-electron chi connectivity index (χ4n) is 1.80. The van der Waals surface area contributed by atoms with Gasteiger partial charge < -0.3 is 4.98 Å². The normalized spacial score (nSPS) is 11.7. The largest absolute Gasteiger partial charge is 0.320 e. The van der Waals surface area contributed by atoms with Crippen molar-refractivity contribution < 1.29 is 8.42 Å². The number of imidazole rings is 1. The molecule has 2 aromatic heterocycles. The van der Waals surface area contributed by atoms with Gasteiger partial charge in [-0.25, -0.2) is 15.1 Å².